The molecule has 0 unspecified atom stereocenters. The fourth-order valence-corrected chi connectivity index (χ4v) is 4.14. The van der Waals surface area contributed by atoms with E-state index in [9.17, 15) is 14.4 Å². The molecule has 0 fully saturated rings. The predicted octanol–water partition coefficient (Wildman–Crippen LogP) is 4.01. The number of allylic oxidation sites excluding steroid dienone is 4. The maximum absolute atomic E-state index is 13.5. The predicted molar refractivity (Wildman–Crippen MR) is 146 cm³/mol. The molecule has 0 N–H and O–H groups in total. The van der Waals surface area contributed by atoms with Gasteiger partial charge in [-0.1, -0.05) is 52.9 Å². The summed E-state index contributed by atoms with van der Waals surface area (Å²) >= 11 is 3.37. The molecule has 0 radical (unpaired) electrons. The number of esters is 1. The maximum Gasteiger partial charge on any atom is 0.341 e. The van der Waals surface area contributed by atoms with Crippen LogP contribution in [0.1, 0.15) is 35.7 Å². The average molecular weight is 569 g/mol. The van der Waals surface area contributed by atoms with Crippen LogP contribution in [-0.4, -0.2) is 46.2 Å². The van der Waals surface area contributed by atoms with Gasteiger partial charge in [-0.2, -0.15) is 4.99 Å². The number of hydrogen-bond donors (Lipinski definition) is 0. The van der Waals surface area contributed by atoms with Crippen molar-refractivity contribution in [3.8, 4) is 0 Å². The van der Waals surface area contributed by atoms with Gasteiger partial charge in [0.15, 0.2) is 5.49 Å². The van der Waals surface area contributed by atoms with Gasteiger partial charge >= 0.3 is 5.97 Å². The van der Waals surface area contributed by atoms with Crippen molar-refractivity contribution in [3.63, 3.8) is 0 Å². The van der Waals surface area contributed by atoms with Crippen LogP contribution in [0.5, 0.6) is 0 Å². The minimum absolute atomic E-state index is 0.0123. The van der Waals surface area contributed by atoms with Gasteiger partial charge in [0.25, 0.3) is 11.5 Å². The molecule has 0 aromatic carbocycles. The Labute approximate surface area is 222 Å². The molecular weight excluding hydrogens is 540 g/mol. The number of amides is 1. The van der Waals surface area contributed by atoms with E-state index < -0.39 is 11.9 Å². The first-order valence-corrected chi connectivity index (χ1v) is 12.5. The lowest BCUT2D eigenvalue weighted by Gasteiger charge is -2.15. The van der Waals surface area contributed by atoms with E-state index in [1.54, 1.807) is 55.2 Å². The van der Waals surface area contributed by atoms with Gasteiger partial charge in [0.2, 0.25) is 0 Å². The zero-order chi connectivity index (χ0) is 26.9. The Morgan fingerprint density at radius 3 is 2.76 bits per heavy atom. The van der Waals surface area contributed by atoms with E-state index in [0.717, 1.165) is 5.56 Å². The Kier molecular flexibility index (Phi) is 9.87. The van der Waals surface area contributed by atoms with E-state index in [0.29, 0.717) is 35.3 Å². The summed E-state index contributed by atoms with van der Waals surface area (Å²) in [6.07, 6.45) is 8.92. The lowest BCUT2D eigenvalue weighted by molar-refractivity contribution is -0.117. The highest BCUT2D eigenvalue weighted by molar-refractivity contribution is 9.11. The van der Waals surface area contributed by atoms with Crippen LogP contribution in [0.2, 0.25) is 0 Å². The molecule has 3 aromatic heterocycles. The van der Waals surface area contributed by atoms with Crippen LogP contribution in [0.3, 0.4) is 0 Å². The number of carbonyl (C=O) groups is 2. The molecule has 1 amide bonds. The molecule has 0 aliphatic heterocycles. The molecule has 3 heterocycles. The highest BCUT2D eigenvalue weighted by Crippen LogP contribution is 2.15. The number of rotatable bonds is 10. The normalized spacial score (nSPS) is 12.5. The number of hydrogen-bond acceptors (Lipinski definition) is 6. The fourth-order valence-electron chi connectivity index (χ4n) is 3.75. The van der Waals surface area contributed by atoms with Crippen LogP contribution in [0.25, 0.3) is 16.7 Å². The van der Waals surface area contributed by atoms with Crippen molar-refractivity contribution in [1.82, 2.24) is 14.0 Å². The van der Waals surface area contributed by atoms with E-state index in [1.807, 2.05) is 13.0 Å². The summed E-state index contributed by atoms with van der Waals surface area (Å²) < 4.78 is 14.1. The van der Waals surface area contributed by atoms with Crippen molar-refractivity contribution in [2.75, 3.05) is 20.3 Å². The summed E-state index contributed by atoms with van der Waals surface area (Å²) in [6, 6.07) is 5.03. The number of ether oxygens (including phenoxy) is 2. The van der Waals surface area contributed by atoms with E-state index in [2.05, 4.69) is 27.5 Å². The molecule has 9 nitrogen and oxygen atoms in total. The Balaban J connectivity index is 2.37. The van der Waals surface area contributed by atoms with Crippen LogP contribution in [0.4, 0.5) is 0 Å². The van der Waals surface area contributed by atoms with Gasteiger partial charge < -0.3 is 14.0 Å². The number of halogens is 1. The number of nitrogens with zero attached hydrogens (tertiary/aromatic N) is 4. The lowest BCUT2D eigenvalue weighted by atomic mass is 10.2. The van der Waals surface area contributed by atoms with Crippen molar-refractivity contribution in [2.24, 2.45) is 4.99 Å². The van der Waals surface area contributed by atoms with E-state index in [1.165, 1.54) is 10.5 Å². The molecule has 3 aromatic rings. The smallest absolute Gasteiger partial charge is 0.341 e. The SMILES string of the molecule is C=C/C=C/C=C(\Br)CC(=O)N=c1c(C(=O)OCC)cc2c(=O)n3cccc(C)c3nc2n1CCCOC. The Morgan fingerprint density at radius 2 is 2.05 bits per heavy atom. The third-order valence-corrected chi connectivity index (χ3v) is 5.95. The van der Waals surface area contributed by atoms with Crippen molar-refractivity contribution in [1.29, 1.82) is 0 Å². The first-order chi connectivity index (χ1) is 17.8. The van der Waals surface area contributed by atoms with E-state index in [4.69, 9.17) is 14.5 Å². The topological polar surface area (TPSA) is 104 Å². The number of aromatic nitrogens is 3. The standard InChI is InChI=1S/C27H29BrN4O5/c1-5-7-8-12-19(28)16-22(33)29-25-21(27(35)37-6-2)17-20-24(31(25)14-10-15-36-4)30-23-18(3)11-9-13-32(23)26(20)34/h5,7-9,11-13,17H,1,6,10,14-16H2,2-4H3/b8-7+,19-12-,29-25?. The summed E-state index contributed by atoms with van der Waals surface area (Å²) in [6.45, 7) is 7.98. The second kappa shape index (κ2) is 13.1. The molecule has 0 spiro atoms. The zero-order valence-corrected chi connectivity index (χ0v) is 22.7. The van der Waals surface area contributed by atoms with Gasteiger partial charge in [0, 0.05) is 30.9 Å². The molecule has 3 rings (SSSR count). The van der Waals surface area contributed by atoms with Crippen molar-refractivity contribution >= 4 is 44.5 Å². The summed E-state index contributed by atoms with van der Waals surface area (Å²) in [4.78, 5) is 48.5. The molecular formula is C27H29BrN4O5. The molecule has 0 atom stereocenters. The monoisotopic (exact) mass is 568 g/mol. The Hall–Kier alpha value is -3.63. The van der Waals surface area contributed by atoms with Crippen molar-refractivity contribution in [2.45, 2.75) is 33.2 Å². The lowest BCUT2D eigenvalue weighted by Crippen LogP contribution is -2.33. The maximum atomic E-state index is 13.5. The molecule has 0 saturated carbocycles. The van der Waals surface area contributed by atoms with Crippen LogP contribution < -0.4 is 11.0 Å². The number of aryl methyl sites for hydroxylation is 2. The number of pyridine rings is 2. The second-order valence-corrected chi connectivity index (χ2v) is 9.07. The van der Waals surface area contributed by atoms with Gasteiger partial charge in [0.05, 0.1) is 18.4 Å². The molecule has 0 saturated heterocycles. The minimum atomic E-state index is -0.686. The summed E-state index contributed by atoms with van der Waals surface area (Å²) in [5, 5.41) is 0.214. The fraction of sp³-hybridized carbons (Fsp3) is 0.296. The van der Waals surface area contributed by atoms with Crippen LogP contribution >= 0.6 is 15.9 Å². The average Bonchev–Trinajstić information content (AvgIpc) is 2.86. The molecule has 194 valence electrons. The van der Waals surface area contributed by atoms with Crippen LogP contribution in [0, 0.1) is 6.92 Å². The first kappa shape index (κ1) is 27.9. The van der Waals surface area contributed by atoms with Gasteiger partial charge in [-0.15, -0.1) is 0 Å². The summed E-state index contributed by atoms with van der Waals surface area (Å²) in [5.41, 5.74) is 1.35. The number of carbonyl (C=O) groups excluding carboxylic acids is 2. The molecule has 0 aliphatic carbocycles. The quantitative estimate of drug-likeness (QED) is 0.158. The highest BCUT2D eigenvalue weighted by Gasteiger charge is 2.20. The van der Waals surface area contributed by atoms with Crippen LogP contribution in [0.15, 0.2) is 69.5 Å². The van der Waals surface area contributed by atoms with E-state index in [-0.39, 0.29) is 35.0 Å². The number of methoxy groups -OCH3 is 1. The van der Waals surface area contributed by atoms with E-state index >= 15 is 0 Å². The Bertz CT molecular complexity index is 1530. The first-order valence-electron chi connectivity index (χ1n) is 11.7. The number of fused-ring (bicyclic) bond motifs is 2. The third-order valence-electron chi connectivity index (χ3n) is 5.41. The molecule has 0 bridgehead atoms. The Morgan fingerprint density at radius 1 is 1.27 bits per heavy atom. The molecule has 0 aliphatic rings. The van der Waals surface area contributed by atoms with Crippen LogP contribution in [-0.2, 0) is 20.8 Å². The molecule has 10 heteroatoms. The van der Waals surface area contributed by atoms with Crippen molar-refractivity contribution in [3.05, 3.63) is 86.7 Å². The minimum Gasteiger partial charge on any atom is -0.462 e. The third kappa shape index (κ3) is 6.58. The van der Waals surface area contributed by atoms with Gasteiger partial charge in [-0.05, 0) is 38.0 Å². The zero-order valence-electron chi connectivity index (χ0n) is 21.1. The van der Waals surface area contributed by atoms with Gasteiger partial charge in [-0.3, -0.25) is 14.0 Å². The highest BCUT2D eigenvalue weighted by atomic mass is 79.9. The molecule has 37 heavy (non-hydrogen) atoms. The second-order valence-electron chi connectivity index (χ2n) is 8.06. The summed E-state index contributed by atoms with van der Waals surface area (Å²) in [7, 11) is 1.58. The van der Waals surface area contributed by atoms with Crippen molar-refractivity contribution < 1.29 is 19.1 Å². The van der Waals surface area contributed by atoms with Gasteiger partial charge in [0.1, 0.15) is 16.9 Å². The summed E-state index contributed by atoms with van der Waals surface area (Å²) in [5.74, 6) is -1.18. The van der Waals surface area contributed by atoms with Gasteiger partial charge in [-0.25, -0.2) is 9.78 Å². The largest absolute Gasteiger partial charge is 0.462 e.